The maximum absolute atomic E-state index is 4.24. The smallest absolute Gasteiger partial charge is 0.0348 e. The Balaban J connectivity index is 5.06. The lowest BCUT2D eigenvalue weighted by molar-refractivity contribution is 0.507. The monoisotopic (exact) mass is 247 g/mol. The molecule has 0 amide bonds. The Morgan fingerprint density at radius 1 is 1.28 bits per heavy atom. The second-order valence-electron chi connectivity index (χ2n) is 5.78. The minimum absolute atomic E-state index is 0.130. The first kappa shape index (κ1) is 16.8. The van der Waals surface area contributed by atoms with Gasteiger partial charge < -0.3 is 4.90 Å². The van der Waals surface area contributed by atoms with Gasteiger partial charge >= 0.3 is 0 Å². The zero-order valence-electron chi connectivity index (χ0n) is 13.0. The quantitative estimate of drug-likeness (QED) is 0.474. The zero-order chi connectivity index (χ0) is 14.3. The zero-order valence-corrected chi connectivity index (χ0v) is 13.0. The lowest BCUT2D eigenvalue weighted by Crippen LogP contribution is -2.11. The second-order valence-corrected chi connectivity index (χ2v) is 5.78. The third kappa shape index (κ3) is 5.39. The molecule has 0 spiro atoms. The van der Waals surface area contributed by atoms with E-state index in [0.717, 1.165) is 13.0 Å². The van der Waals surface area contributed by atoms with E-state index in [1.807, 2.05) is 6.08 Å². The number of hydrogen-bond acceptors (Lipinski definition) is 1. The van der Waals surface area contributed by atoms with E-state index in [4.69, 9.17) is 0 Å². The Morgan fingerprint density at radius 3 is 2.22 bits per heavy atom. The van der Waals surface area contributed by atoms with E-state index in [0.29, 0.717) is 0 Å². The van der Waals surface area contributed by atoms with Gasteiger partial charge in [0.05, 0.1) is 0 Å². The summed E-state index contributed by atoms with van der Waals surface area (Å²) >= 11 is 0. The van der Waals surface area contributed by atoms with E-state index in [2.05, 4.69) is 72.0 Å². The number of likely N-dealkylation sites (N-methyl/N-ethyl adjacent to an activating group) is 1. The predicted molar refractivity (Wildman–Crippen MR) is 83.6 cm³/mol. The molecule has 0 saturated heterocycles. The number of hydrogen-bond donors (Lipinski definition) is 0. The summed E-state index contributed by atoms with van der Waals surface area (Å²) in [7, 11) is 2.05. The van der Waals surface area contributed by atoms with Crippen LogP contribution in [0.25, 0.3) is 0 Å². The molecule has 0 aromatic rings. The van der Waals surface area contributed by atoms with Crippen molar-refractivity contribution in [3.63, 3.8) is 0 Å². The molecule has 0 fully saturated rings. The van der Waals surface area contributed by atoms with E-state index in [1.54, 1.807) is 0 Å². The third-order valence-electron chi connectivity index (χ3n) is 3.17. The molecule has 0 saturated carbocycles. The Hall–Kier alpha value is -1.24. The highest BCUT2D eigenvalue weighted by Crippen LogP contribution is 2.31. The summed E-state index contributed by atoms with van der Waals surface area (Å²) in [5.74, 6) is 0. The van der Waals surface area contributed by atoms with Crippen LogP contribution < -0.4 is 0 Å². The number of rotatable bonds is 6. The van der Waals surface area contributed by atoms with Gasteiger partial charge in [0.1, 0.15) is 0 Å². The molecule has 0 aromatic heterocycles. The van der Waals surface area contributed by atoms with Gasteiger partial charge in [0, 0.05) is 13.6 Å². The summed E-state index contributed by atoms with van der Waals surface area (Å²) in [5, 5.41) is 0. The molecule has 0 heterocycles. The molecule has 0 bridgehead atoms. The number of nitrogens with zero attached hydrogens (tertiary/aromatic N) is 1. The van der Waals surface area contributed by atoms with Crippen LogP contribution in [0.1, 0.15) is 41.0 Å². The van der Waals surface area contributed by atoms with Crippen molar-refractivity contribution in [2.45, 2.75) is 41.0 Å². The molecule has 102 valence electrons. The molecule has 18 heavy (non-hydrogen) atoms. The molecule has 1 nitrogen and oxygen atoms in total. The first-order valence-electron chi connectivity index (χ1n) is 6.62. The highest BCUT2D eigenvalue weighted by atomic mass is 15.1. The van der Waals surface area contributed by atoms with Crippen molar-refractivity contribution >= 4 is 0 Å². The van der Waals surface area contributed by atoms with Crippen LogP contribution in [0.15, 0.2) is 48.2 Å². The van der Waals surface area contributed by atoms with Crippen molar-refractivity contribution < 1.29 is 0 Å². The van der Waals surface area contributed by atoms with Gasteiger partial charge in [-0.2, -0.15) is 0 Å². The summed E-state index contributed by atoms with van der Waals surface area (Å²) < 4.78 is 0. The van der Waals surface area contributed by atoms with Gasteiger partial charge in [0.15, 0.2) is 0 Å². The normalized spacial score (nSPS) is 13.4. The minimum atomic E-state index is 0.130. The molecule has 0 aliphatic rings. The van der Waals surface area contributed by atoms with Crippen molar-refractivity contribution in [1.82, 2.24) is 4.90 Å². The van der Waals surface area contributed by atoms with Gasteiger partial charge in [-0.3, -0.25) is 0 Å². The molecule has 0 N–H and O–H groups in total. The van der Waals surface area contributed by atoms with Crippen LogP contribution in [0.3, 0.4) is 0 Å². The second kappa shape index (κ2) is 7.25. The lowest BCUT2D eigenvalue weighted by atomic mass is 9.81. The average molecular weight is 247 g/mol. The van der Waals surface area contributed by atoms with E-state index in [-0.39, 0.29) is 5.41 Å². The van der Waals surface area contributed by atoms with Crippen LogP contribution in [-0.4, -0.2) is 18.5 Å². The van der Waals surface area contributed by atoms with Crippen LogP contribution in [0.4, 0.5) is 0 Å². The molecule has 0 aliphatic heterocycles. The molecule has 0 radical (unpaired) electrons. The molecule has 1 heteroatoms. The molecule has 0 aromatic carbocycles. The fourth-order valence-electron chi connectivity index (χ4n) is 1.75. The molecule has 0 atom stereocenters. The van der Waals surface area contributed by atoms with E-state index in [1.165, 1.54) is 16.7 Å². The fraction of sp³-hybridized carbons (Fsp3) is 0.529. The van der Waals surface area contributed by atoms with Gasteiger partial charge in [-0.1, -0.05) is 40.3 Å². The molecule has 0 unspecified atom stereocenters. The Bertz CT molecular complexity index is 350. The molecular formula is C17H29N. The molecular weight excluding hydrogens is 218 g/mol. The number of allylic oxidation sites excluding steroid dienone is 4. The molecule has 0 aliphatic carbocycles. The highest BCUT2D eigenvalue weighted by Gasteiger charge is 2.17. The van der Waals surface area contributed by atoms with Crippen LogP contribution in [-0.2, 0) is 0 Å². The SMILES string of the molecule is C=CCN(C)/C=C\C(CC)=C(/C)C(=C)C(C)(C)C. The van der Waals surface area contributed by atoms with Crippen molar-refractivity contribution in [2.75, 3.05) is 13.6 Å². The fourth-order valence-corrected chi connectivity index (χ4v) is 1.75. The summed E-state index contributed by atoms with van der Waals surface area (Å²) in [6, 6.07) is 0. The maximum Gasteiger partial charge on any atom is 0.0348 e. The Morgan fingerprint density at radius 2 is 1.83 bits per heavy atom. The van der Waals surface area contributed by atoms with Gasteiger partial charge in [0.2, 0.25) is 0 Å². The summed E-state index contributed by atoms with van der Waals surface area (Å²) in [6.45, 7) is 19.8. The van der Waals surface area contributed by atoms with Crippen LogP contribution in [0.5, 0.6) is 0 Å². The predicted octanol–water partition coefficient (Wildman–Crippen LogP) is 4.95. The largest absolute Gasteiger partial charge is 0.377 e. The van der Waals surface area contributed by atoms with Gasteiger partial charge in [0.25, 0.3) is 0 Å². The maximum atomic E-state index is 4.24. The van der Waals surface area contributed by atoms with Crippen molar-refractivity contribution in [1.29, 1.82) is 0 Å². The van der Waals surface area contributed by atoms with E-state index in [9.17, 15) is 0 Å². The summed E-state index contributed by atoms with van der Waals surface area (Å²) in [5.41, 5.74) is 4.01. The van der Waals surface area contributed by atoms with E-state index >= 15 is 0 Å². The first-order valence-corrected chi connectivity index (χ1v) is 6.62. The van der Waals surface area contributed by atoms with Crippen molar-refractivity contribution in [2.24, 2.45) is 5.41 Å². The standard InChI is InChI=1S/C17H29N/c1-9-12-18(8)13-11-16(10-2)14(3)15(4)17(5,6)7/h9,11,13H,1,4,10,12H2,2-3,5-8H3/b13-11-,16-14+. The Kier molecular flexibility index (Phi) is 6.75. The Labute approximate surface area is 114 Å². The van der Waals surface area contributed by atoms with Gasteiger partial charge in [-0.15, -0.1) is 6.58 Å². The summed E-state index contributed by atoms with van der Waals surface area (Å²) in [4.78, 5) is 2.12. The van der Waals surface area contributed by atoms with Crippen molar-refractivity contribution in [3.8, 4) is 0 Å². The van der Waals surface area contributed by atoms with E-state index < -0.39 is 0 Å². The third-order valence-corrected chi connectivity index (χ3v) is 3.17. The van der Waals surface area contributed by atoms with Gasteiger partial charge in [-0.25, -0.2) is 0 Å². The topological polar surface area (TPSA) is 3.24 Å². The summed E-state index contributed by atoms with van der Waals surface area (Å²) in [6.07, 6.45) is 7.23. The highest BCUT2D eigenvalue weighted by molar-refractivity contribution is 5.39. The van der Waals surface area contributed by atoms with Crippen molar-refractivity contribution in [3.05, 3.63) is 48.2 Å². The average Bonchev–Trinajstić information content (AvgIpc) is 2.27. The van der Waals surface area contributed by atoms with Crippen LogP contribution >= 0.6 is 0 Å². The first-order chi connectivity index (χ1) is 8.23. The van der Waals surface area contributed by atoms with Crippen LogP contribution in [0, 0.1) is 5.41 Å². The lowest BCUT2D eigenvalue weighted by Gasteiger charge is -2.24. The molecule has 0 rings (SSSR count). The minimum Gasteiger partial charge on any atom is -0.377 e. The van der Waals surface area contributed by atoms with Crippen LogP contribution in [0.2, 0.25) is 0 Å². The van der Waals surface area contributed by atoms with Gasteiger partial charge in [-0.05, 0) is 47.8 Å².